The van der Waals surface area contributed by atoms with Crippen LogP contribution in [0.25, 0.3) is 0 Å². The van der Waals surface area contributed by atoms with E-state index in [1.165, 1.54) is 0 Å². The number of halogens is 3. The highest BCUT2D eigenvalue weighted by Crippen LogP contribution is 2.26. The first-order chi connectivity index (χ1) is 8.50. The Labute approximate surface area is 102 Å². The molecule has 0 aliphatic heterocycles. The molecule has 18 heavy (non-hydrogen) atoms. The Morgan fingerprint density at radius 2 is 1.94 bits per heavy atom. The number of nitrogens with one attached hydrogen (secondary N) is 1. The fourth-order valence-electron chi connectivity index (χ4n) is 2.16. The molecule has 1 aliphatic carbocycles. The SMILES string of the molecule is NC1CCCC1C(=O)Nc1ccc(F)c(F)c1F. The molecule has 6 heteroatoms. The van der Waals surface area contributed by atoms with Crippen molar-refractivity contribution in [1.29, 1.82) is 0 Å². The zero-order chi connectivity index (χ0) is 13.3. The van der Waals surface area contributed by atoms with Crippen molar-refractivity contribution in [1.82, 2.24) is 0 Å². The number of amides is 1. The average Bonchev–Trinajstić information content (AvgIpc) is 2.76. The molecule has 0 aromatic heterocycles. The summed E-state index contributed by atoms with van der Waals surface area (Å²) in [4.78, 5) is 11.8. The number of benzene rings is 1. The van der Waals surface area contributed by atoms with Crippen molar-refractivity contribution in [3.63, 3.8) is 0 Å². The van der Waals surface area contributed by atoms with Crippen LogP contribution in [0, 0.1) is 23.4 Å². The first kappa shape index (κ1) is 12.9. The second kappa shape index (κ2) is 4.97. The van der Waals surface area contributed by atoms with Gasteiger partial charge < -0.3 is 11.1 Å². The number of rotatable bonds is 2. The van der Waals surface area contributed by atoms with Gasteiger partial charge in [-0.1, -0.05) is 6.42 Å². The Morgan fingerprint density at radius 3 is 2.56 bits per heavy atom. The lowest BCUT2D eigenvalue weighted by atomic mass is 10.0. The summed E-state index contributed by atoms with van der Waals surface area (Å²) in [6.45, 7) is 0. The van der Waals surface area contributed by atoms with Gasteiger partial charge in [-0.05, 0) is 25.0 Å². The second-order valence-electron chi connectivity index (χ2n) is 4.41. The van der Waals surface area contributed by atoms with Crippen molar-refractivity contribution >= 4 is 11.6 Å². The van der Waals surface area contributed by atoms with Crippen molar-refractivity contribution < 1.29 is 18.0 Å². The zero-order valence-electron chi connectivity index (χ0n) is 9.55. The lowest BCUT2D eigenvalue weighted by Crippen LogP contribution is -2.34. The van der Waals surface area contributed by atoms with E-state index in [9.17, 15) is 18.0 Å². The Kier molecular flexibility index (Phi) is 3.56. The third-order valence-corrected chi connectivity index (χ3v) is 3.20. The van der Waals surface area contributed by atoms with Crippen LogP contribution in [0.5, 0.6) is 0 Å². The lowest BCUT2D eigenvalue weighted by molar-refractivity contribution is -0.120. The summed E-state index contributed by atoms with van der Waals surface area (Å²) >= 11 is 0. The maximum atomic E-state index is 13.3. The first-order valence-corrected chi connectivity index (χ1v) is 5.70. The summed E-state index contributed by atoms with van der Waals surface area (Å²) < 4.78 is 39.0. The highest BCUT2D eigenvalue weighted by molar-refractivity contribution is 5.93. The summed E-state index contributed by atoms with van der Waals surface area (Å²) in [5.41, 5.74) is 5.37. The van der Waals surface area contributed by atoms with E-state index in [-0.39, 0.29) is 11.7 Å². The zero-order valence-corrected chi connectivity index (χ0v) is 9.55. The van der Waals surface area contributed by atoms with Gasteiger partial charge in [0.1, 0.15) is 0 Å². The van der Waals surface area contributed by atoms with E-state index in [1.54, 1.807) is 0 Å². The van der Waals surface area contributed by atoms with Crippen LogP contribution in [0.15, 0.2) is 12.1 Å². The highest BCUT2D eigenvalue weighted by Gasteiger charge is 2.30. The van der Waals surface area contributed by atoms with Gasteiger partial charge in [0.15, 0.2) is 17.5 Å². The summed E-state index contributed by atoms with van der Waals surface area (Å²) in [7, 11) is 0. The molecule has 0 radical (unpaired) electrons. The molecule has 0 bridgehead atoms. The van der Waals surface area contributed by atoms with E-state index in [2.05, 4.69) is 5.32 Å². The molecule has 1 amide bonds. The van der Waals surface area contributed by atoms with Crippen molar-refractivity contribution in [2.75, 3.05) is 5.32 Å². The molecular formula is C12H13F3N2O. The van der Waals surface area contributed by atoms with E-state index in [0.717, 1.165) is 25.0 Å². The molecule has 98 valence electrons. The molecule has 2 rings (SSSR count). The smallest absolute Gasteiger partial charge is 0.229 e. The molecular weight excluding hydrogens is 245 g/mol. The van der Waals surface area contributed by atoms with E-state index in [0.29, 0.717) is 6.42 Å². The van der Waals surface area contributed by atoms with E-state index in [4.69, 9.17) is 5.73 Å². The first-order valence-electron chi connectivity index (χ1n) is 5.70. The van der Waals surface area contributed by atoms with Gasteiger partial charge in [0, 0.05) is 6.04 Å². The summed E-state index contributed by atoms with van der Waals surface area (Å²) in [5.74, 6) is -5.14. The fraction of sp³-hybridized carbons (Fsp3) is 0.417. The molecule has 0 spiro atoms. The third kappa shape index (κ3) is 2.33. The van der Waals surface area contributed by atoms with Crippen LogP contribution < -0.4 is 11.1 Å². The number of hydrogen-bond acceptors (Lipinski definition) is 2. The molecule has 1 aromatic rings. The Hall–Kier alpha value is -1.56. The minimum absolute atomic E-state index is 0.265. The van der Waals surface area contributed by atoms with Crippen LogP contribution in [0.4, 0.5) is 18.9 Å². The lowest BCUT2D eigenvalue weighted by Gasteiger charge is -2.15. The molecule has 3 N–H and O–H groups in total. The van der Waals surface area contributed by atoms with Crippen LogP contribution in [0.2, 0.25) is 0 Å². The highest BCUT2D eigenvalue weighted by atomic mass is 19.2. The predicted molar refractivity (Wildman–Crippen MR) is 60.3 cm³/mol. The van der Waals surface area contributed by atoms with Crippen LogP contribution in [-0.2, 0) is 4.79 Å². The average molecular weight is 258 g/mol. The van der Waals surface area contributed by atoms with Crippen molar-refractivity contribution in [3.8, 4) is 0 Å². The minimum atomic E-state index is -1.59. The maximum absolute atomic E-state index is 13.3. The Morgan fingerprint density at radius 1 is 1.22 bits per heavy atom. The summed E-state index contributed by atoms with van der Waals surface area (Å²) in [6.07, 6.45) is 2.19. The minimum Gasteiger partial charge on any atom is -0.327 e. The quantitative estimate of drug-likeness (QED) is 0.799. The number of anilines is 1. The van der Waals surface area contributed by atoms with Crippen LogP contribution >= 0.6 is 0 Å². The van der Waals surface area contributed by atoms with Gasteiger partial charge in [0.05, 0.1) is 11.6 Å². The number of nitrogens with two attached hydrogens (primary N) is 1. The topological polar surface area (TPSA) is 55.1 Å². The normalized spacial score (nSPS) is 23.1. The standard InChI is InChI=1S/C12H13F3N2O/c13-7-4-5-9(11(15)10(7)14)17-12(18)6-2-1-3-8(6)16/h4-6,8H,1-3,16H2,(H,17,18). The molecule has 1 aromatic carbocycles. The molecule has 1 saturated carbocycles. The molecule has 2 unspecified atom stereocenters. The summed E-state index contributed by atoms with van der Waals surface area (Å²) in [6, 6.07) is 1.49. The van der Waals surface area contributed by atoms with Gasteiger partial charge in [-0.2, -0.15) is 0 Å². The maximum Gasteiger partial charge on any atom is 0.229 e. The third-order valence-electron chi connectivity index (χ3n) is 3.20. The van der Waals surface area contributed by atoms with E-state index in [1.807, 2.05) is 0 Å². The molecule has 0 heterocycles. The van der Waals surface area contributed by atoms with Gasteiger partial charge >= 0.3 is 0 Å². The van der Waals surface area contributed by atoms with E-state index >= 15 is 0 Å². The van der Waals surface area contributed by atoms with Crippen LogP contribution in [-0.4, -0.2) is 11.9 Å². The van der Waals surface area contributed by atoms with Gasteiger partial charge in [0.25, 0.3) is 0 Å². The summed E-state index contributed by atoms with van der Waals surface area (Å²) in [5, 5.41) is 2.25. The van der Waals surface area contributed by atoms with Crippen molar-refractivity contribution in [2.45, 2.75) is 25.3 Å². The van der Waals surface area contributed by atoms with Gasteiger partial charge in [-0.25, -0.2) is 13.2 Å². The number of carbonyl (C=O) groups excluding carboxylic acids is 1. The Bertz CT molecular complexity index is 479. The molecule has 2 atom stereocenters. The number of carbonyl (C=O) groups is 1. The Balaban J connectivity index is 2.14. The number of hydrogen-bond donors (Lipinski definition) is 2. The second-order valence-corrected chi connectivity index (χ2v) is 4.41. The van der Waals surface area contributed by atoms with Gasteiger partial charge in [-0.15, -0.1) is 0 Å². The fourth-order valence-corrected chi connectivity index (χ4v) is 2.16. The van der Waals surface area contributed by atoms with Gasteiger partial charge in [0.2, 0.25) is 5.91 Å². The van der Waals surface area contributed by atoms with Crippen LogP contribution in [0.1, 0.15) is 19.3 Å². The van der Waals surface area contributed by atoms with Gasteiger partial charge in [-0.3, -0.25) is 4.79 Å². The largest absolute Gasteiger partial charge is 0.327 e. The van der Waals surface area contributed by atoms with E-state index < -0.39 is 29.3 Å². The molecule has 3 nitrogen and oxygen atoms in total. The molecule has 0 saturated heterocycles. The van der Waals surface area contributed by atoms with Crippen molar-refractivity contribution in [2.24, 2.45) is 11.7 Å². The molecule has 1 aliphatic rings. The van der Waals surface area contributed by atoms with Crippen LogP contribution in [0.3, 0.4) is 0 Å². The molecule has 1 fully saturated rings. The monoisotopic (exact) mass is 258 g/mol. The predicted octanol–water partition coefficient (Wildman–Crippen LogP) is 2.17. The van der Waals surface area contributed by atoms with Crippen molar-refractivity contribution in [3.05, 3.63) is 29.6 Å².